The Kier molecular flexibility index (Phi) is 3.42. The number of benzene rings is 1. The predicted octanol–water partition coefficient (Wildman–Crippen LogP) is 3.11. The van der Waals surface area contributed by atoms with Gasteiger partial charge < -0.3 is 4.98 Å². The molecule has 2 aromatic rings. The fourth-order valence-corrected chi connectivity index (χ4v) is 3.16. The number of hydrogen-bond acceptors (Lipinski definition) is 3. The minimum Gasteiger partial charge on any atom is -0.301 e. The van der Waals surface area contributed by atoms with Gasteiger partial charge in [-0.25, -0.2) is 4.98 Å². The molecule has 19 heavy (non-hydrogen) atoms. The highest BCUT2D eigenvalue weighted by Crippen LogP contribution is 2.22. The number of hydrogen-bond donors (Lipinski definition) is 1. The van der Waals surface area contributed by atoms with E-state index in [1.165, 1.54) is 11.1 Å². The number of fused-ring (bicyclic) bond motifs is 1. The van der Waals surface area contributed by atoms with Crippen LogP contribution in [-0.4, -0.2) is 9.97 Å². The molecule has 1 aliphatic carbocycles. The van der Waals surface area contributed by atoms with Crippen molar-refractivity contribution in [1.29, 1.82) is 0 Å². The quantitative estimate of drug-likeness (QED) is 0.691. The maximum absolute atomic E-state index is 11.9. The minimum atomic E-state index is 0. The second-order valence-electron chi connectivity index (χ2n) is 4.92. The summed E-state index contributed by atoms with van der Waals surface area (Å²) in [5, 5.41) is 0.742. The Labute approximate surface area is 118 Å². The van der Waals surface area contributed by atoms with Gasteiger partial charge in [-0.3, -0.25) is 4.79 Å². The molecule has 1 aliphatic rings. The van der Waals surface area contributed by atoms with Crippen molar-refractivity contribution in [3.8, 4) is 0 Å². The Morgan fingerprint density at radius 3 is 2.89 bits per heavy atom. The summed E-state index contributed by atoms with van der Waals surface area (Å²) in [6, 6.07) is 8.45. The van der Waals surface area contributed by atoms with E-state index in [9.17, 15) is 4.79 Å². The van der Waals surface area contributed by atoms with Crippen molar-refractivity contribution >= 4 is 11.8 Å². The van der Waals surface area contributed by atoms with Crippen molar-refractivity contribution in [2.75, 3.05) is 0 Å². The molecule has 0 unspecified atom stereocenters. The third-order valence-electron chi connectivity index (χ3n) is 3.42. The number of H-pyrrole nitrogens is 1. The van der Waals surface area contributed by atoms with Crippen LogP contribution in [0.2, 0.25) is 0 Å². The second kappa shape index (κ2) is 5.21. The summed E-state index contributed by atoms with van der Waals surface area (Å²) in [7, 11) is 0. The first-order chi connectivity index (χ1) is 9.22. The number of nitrogens with zero attached hydrogens (tertiary/aromatic N) is 1. The van der Waals surface area contributed by atoms with Crippen molar-refractivity contribution in [2.45, 2.75) is 37.1 Å². The van der Waals surface area contributed by atoms with Crippen LogP contribution in [0.1, 0.15) is 30.2 Å². The molecule has 0 saturated carbocycles. The Morgan fingerprint density at radius 1 is 1.32 bits per heavy atom. The highest BCUT2D eigenvalue weighted by Gasteiger charge is 2.17. The van der Waals surface area contributed by atoms with Crippen LogP contribution >= 0.6 is 11.8 Å². The minimum absolute atomic E-state index is 0. The van der Waals surface area contributed by atoms with Gasteiger partial charge in [0.2, 0.25) is 0 Å². The van der Waals surface area contributed by atoms with Crippen molar-refractivity contribution in [2.24, 2.45) is 0 Å². The Balaban J connectivity index is 0.00000147. The summed E-state index contributed by atoms with van der Waals surface area (Å²) in [4.78, 5) is 19.3. The Hall–Kier alpha value is -1.55. The van der Waals surface area contributed by atoms with E-state index >= 15 is 0 Å². The summed E-state index contributed by atoms with van der Waals surface area (Å²) >= 11 is 1.59. The van der Waals surface area contributed by atoms with Crippen LogP contribution in [-0.2, 0) is 18.6 Å². The first-order valence-electron chi connectivity index (χ1n) is 6.53. The summed E-state index contributed by atoms with van der Waals surface area (Å²) < 4.78 is 0. The van der Waals surface area contributed by atoms with Crippen LogP contribution in [0, 0.1) is 6.92 Å². The van der Waals surface area contributed by atoms with E-state index in [4.69, 9.17) is 0 Å². The lowest BCUT2D eigenvalue weighted by Gasteiger charge is -2.04. The third kappa shape index (κ3) is 2.73. The van der Waals surface area contributed by atoms with E-state index in [0.717, 1.165) is 41.4 Å². The zero-order chi connectivity index (χ0) is 13.2. The van der Waals surface area contributed by atoms with E-state index in [0.29, 0.717) is 0 Å². The molecule has 1 aromatic heterocycles. The molecule has 0 fully saturated rings. The van der Waals surface area contributed by atoms with Crippen molar-refractivity contribution in [1.82, 2.24) is 9.97 Å². The lowest BCUT2D eigenvalue weighted by atomic mass is 10.2. The zero-order valence-corrected chi connectivity index (χ0v) is 11.7. The van der Waals surface area contributed by atoms with Gasteiger partial charge in [0.05, 0.1) is 5.69 Å². The van der Waals surface area contributed by atoms with Gasteiger partial charge >= 0.3 is 0 Å². The first kappa shape index (κ1) is 12.5. The van der Waals surface area contributed by atoms with E-state index in [-0.39, 0.29) is 6.99 Å². The highest BCUT2D eigenvalue weighted by atomic mass is 32.2. The van der Waals surface area contributed by atoms with Crippen molar-refractivity contribution in [3.63, 3.8) is 0 Å². The monoisotopic (exact) mass is 274 g/mol. The molecule has 0 bridgehead atoms. The molecule has 0 amide bonds. The topological polar surface area (TPSA) is 45.8 Å². The SMILES string of the molecule is Cc1ccc(CSc2nc3c(c(=O)[nH]2)CCC3)cc1.[HH]. The van der Waals surface area contributed by atoms with Gasteiger partial charge in [-0.2, -0.15) is 0 Å². The molecule has 3 nitrogen and oxygen atoms in total. The zero-order valence-electron chi connectivity index (χ0n) is 10.9. The molecule has 0 radical (unpaired) electrons. The standard InChI is InChI=1S/C15H16N2OS.H2/c1-10-5-7-11(8-6-10)9-19-15-16-13-4-2-3-12(13)14(18)17-15;/h5-8H,2-4,9H2,1H3,(H,16,17,18);1H. The summed E-state index contributed by atoms with van der Waals surface area (Å²) in [5.74, 6) is 0.835. The van der Waals surface area contributed by atoms with Crippen LogP contribution in [0.25, 0.3) is 0 Å². The number of nitrogens with one attached hydrogen (secondary N) is 1. The number of aromatic nitrogens is 2. The molecule has 0 atom stereocenters. The highest BCUT2D eigenvalue weighted by molar-refractivity contribution is 7.98. The maximum Gasteiger partial charge on any atom is 0.254 e. The van der Waals surface area contributed by atoms with Gasteiger partial charge in [-0.05, 0) is 31.7 Å². The van der Waals surface area contributed by atoms with Crippen LogP contribution in [0.3, 0.4) is 0 Å². The Bertz CT molecular complexity index is 652. The molecule has 0 saturated heterocycles. The normalized spacial score (nSPS) is 13.5. The smallest absolute Gasteiger partial charge is 0.254 e. The van der Waals surface area contributed by atoms with Crippen molar-refractivity contribution in [3.05, 3.63) is 57.0 Å². The summed E-state index contributed by atoms with van der Waals surface area (Å²) in [5.41, 5.74) is 4.44. The van der Waals surface area contributed by atoms with Gasteiger partial charge in [-0.15, -0.1) is 0 Å². The molecule has 0 aliphatic heterocycles. The Morgan fingerprint density at radius 2 is 2.11 bits per heavy atom. The van der Waals surface area contributed by atoms with Gasteiger partial charge in [0.1, 0.15) is 0 Å². The molecule has 3 rings (SSSR count). The fourth-order valence-electron chi connectivity index (χ4n) is 2.32. The van der Waals surface area contributed by atoms with E-state index in [1.54, 1.807) is 11.8 Å². The fraction of sp³-hybridized carbons (Fsp3) is 0.333. The molecular weight excluding hydrogens is 256 g/mol. The molecule has 4 heteroatoms. The van der Waals surface area contributed by atoms with E-state index < -0.39 is 0 Å². The molecule has 0 spiro atoms. The lowest BCUT2D eigenvalue weighted by Crippen LogP contribution is -2.14. The van der Waals surface area contributed by atoms with Crippen LogP contribution in [0.5, 0.6) is 0 Å². The largest absolute Gasteiger partial charge is 0.301 e. The van der Waals surface area contributed by atoms with E-state index in [1.807, 2.05) is 0 Å². The van der Waals surface area contributed by atoms with Crippen LogP contribution in [0.15, 0.2) is 34.2 Å². The predicted molar refractivity (Wildman–Crippen MR) is 79.7 cm³/mol. The second-order valence-corrected chi connectivity index (χ2v) is 5.89. The van der Waals surface area contributed by atoms with Gasteiger partial charge in [0.15, 0.2) is 5.16 Å². The summed E-state index contributed by atoms with van der Waals surface area (Å²) in [6.07, 6.45) is 2.87. The molecular formula is C15H18N2OS. The summed E-state index contributed by atoms with van der Waals surface area (Å²) in [6.45, 7) is 2.08. The van der Waals surface area contributed by atoms with Gasteiger partial charge in [0, 0.05) is 12.7 Å². The maximum atomic E-state index is 11.9. The van der Waals surface area contributed by atoms with Crippen LogP contribution < -0.4 is 5.56 Å². The van der Waals surface area contributed by atoms with Crippen molar-refractivity contribution < 1.29 is 1.43 Å². The van der Waals surface area contributed by atoms with Crippen LogP contribution in [0.4, 0.5) is 0 Å². The average molecular weight is 274 g/mol. The third-order valence-corrected chi connectivity index (χ3v) is 4.36. The molecule has 1 N–H and O–H groups in total. The number of thioether (sulfide) groups is 1. The van der Waals surface area contributed by atoms with Gasteiger partial charge in [0.25, 0.3) is 5.56 Å². The lowest BCUT2D eigenvalue weighted by molar-refractivity contribution is 0.869. The first-order valence-corrected chi connectivity index (χ1v) is 7.51. The number of aromatic amines is 1. The molecule has 100 valence electrons. The number of aryl methyl sites for hydroxylation is 2. The molecule has 1 heterocycles. The number of rotatable bonds is 3. The average Bonchev–Trinajstić information content (AvgIpc) is 2.87. The van der Waals surface area contributed by atoms with Gasteiger partial charge in [-0.1, -0.05) is 41.6 Å². The van der Waals surface area contributed by atoms with E-state index in [2.05, 4.69) is 41.2 Å². The molecule has 1 aromatic carbocycles.